The van der Waals surface area contributed by atoms with Gasteiger partial charge >= 0.3 is 5.97 Å². The molecule has 6 nitrogen and oxygen atoms in total. The normalized spacial score (nSPS) is 15.3. The second kappa shape index (κ2) is 6.32. The number of halogens is 2. The van der Waals surface area contributed by atoms with Crippen molar-refractivity contribution in [3.05, 3.63) is 79.7 Å². The van der Waals surface area contributed by atoms with E-state index in [0.29, 0.717) is 11.1 Å². The summed E-state index contributed by atoms with van der Waals surface area (Å²) in [5.41, 5.74) is 0.765. The van der Waals surface area contributed by atoms with Gasteiger partial charge in [-0.2, -0.15) is 0 Å². The highest BCUT2D eigenvalue weighted by molar-refractivity contribution is 9.10. The average Bonchev–Trinajstić information content (AvgIpc) is 2.92. The van der Waals surface area contributed by atoms with E-state index in [1.54, 1.807) is 6.07 Å². The van der Waals surface area contributed by atoms with Gasteiger partial charge in [0.25, 0.3) is 5.69 Å². The van der Waals surface area contributed by atoms with Crippen molar-refractivity contribution in [2.45, 2.75) is 0 Å². The van der Waals surface area contributed by atoms with Gasteiger partial charge in [-0.05, 0) is 45.8 Å². The Hall–Kier alpha value is -2.87. The molecule has 0 saturated heterocycles. The molecule has 0 bridgehead atoms. The second-order valence-corrected chi connectivity index (χ2v) is 5.67. The van der Waals surface area contributed by atoms with Crippen LogP contribution in [0.15, 0.2) is 57.6 Å². The number of carbonyl (C=O) groups is 1. The minimum absolute atomic E-state index is 0.0175. The number of nitro benzene ring substituents is 1. The smallest absolute Gasteiger partial charge is 0.363 e. The number of nitro groups is 1. The lowest BCUT2D eigenvalue weighted by atomic mass is 10.2. The van der Waals surface area contributed by atoms with Gasteiger partial charge in [0, 0.05) is 17.7 Å². The van der Waals surface area contributed by atoms with Crippen LogP contribution >= 0.6 is 15.9 Å². The summed E-state index contributed by atoms with van der Waals surface area (Å²) < 4.78 is 18.5. The van der Waals surface area contributed by atoms with Crippen molar-refractivity contribution >= 4 is 39.6 Å². The van der Waals surface area contributed by atoms with Gasteiger partial charge in [0.1, 0.15) is 5.82 Å². The number of cyclic esters (lactones) is 1. The molecule has 0 amide bonds. The molecule has 120 valence electrons. The Morgan fingerprint density at radius 2 is 2.04 bits per heavy atom. The lowest BCUT2D eigenvalue weighted by Gasteiger charge is -1.98. The molecule has 0 atom stereocenters. The molecule has 1 heterocycles. The van der Waals surface area contributed by atoms with Crippen LogP contribution in [-0.4, -0.2) is 16.8 Å². The first-order chi connectivity index (χ1) is 11.4. The molecular weight excluding hydrogens is 383 g/mol. The molecular formula is C16H8BrFN2O4. The van der Waals surface area contributed by atoms with Gasteiger partial charge in [-0.25, -0.2) is 14.2 Å². The van der Waals surface area contributed by atoms with Gasteiger partial charge < -0.3 is 4.74 Å². The molecule has 2 aromatic carbocycles. The molecule has 0 unspecified atom stereocenters. The fraction of sp³-hybridized carbons (Fsp3) is 0. The third kappa shape index (κ3) is 3.23. The molecule has 0 N–H and O–H groups in total. The number of esters is 1. The number of aliphatic imine (C=N–C) groups is 1. The standard InChI is InChI=1S/C16H8BrFN2O4/c17-12-6-9(4-5-13(12)18)7-14-16(21)24-15(19-14)10-2-1-3-11(8-10)20(22)23/h1-8H/b14-7-. The Morgan fingerprint density at radius 1 is 1.25 bits per heavy atom. The van der Waals surface area contributed by atoms with Crippen LogP contribution in [0.4, 0.5) is 10.1 Å². The van der Waals surface area contributed by atoms with Crippen molar-refractivity contribution in [3.8, 4) is 0 Å². The number of hydrogen-bond donors (Lipinski definition) is 0. The lowest BCUT2D eigenvalue weighted by Crippen LogP contribution is -2.05. The maximum atomic E-state index is 13.2. The van der Waals surface area contributed by atoms with Crippen LogP contribution < -0.4 is 0 Å². The predicted molar refractivity (Wildman–Crippen MR) is 87.8 cm³/mol. The monoisotopic (exact) mass is 390 g/mol. The molecule has 0 saturated carbocycles. The zero-order valence-corrected chi connectivity index (χ0v) is 13.5. The van der Waals surface area contributed by atoms with E-state index in [9.17, 15) is 19.3 Å². The highest BCUT2D eigenvalue weighted by atomic mass is 79.9. The molecule has 24 heavy (non-hydrogen) atoms. The highest BCUT2D eigenvalue weighted by Crippen LogP contribution is 2.23. The summed E-state index contributed by atoms with van der Waals surface area (Å²) >= 11 is 3.06. The molecule has 0 fully saturated rings. The predicted octanol–water partition coefficient (Wildman–Crippen LogP) is 3.84. The van der Waals surface area contributed by atoms with E-state index in [4.69, 9.17) is 4.74 Å². The number of carbonyl (C=O) groups excluding carboxylic acids is 1. The third-order valence-corrected chi connectivity index (χ3v) is 3.78. The molecule has 0 spiro atoms. The van der Waals surface area contributed by atoms with E-state index in [1.807, 2.05) is 0 Å². The molecule has 3 rings (SSSR count). The van der Waals surface area contributed by atoms with E-state index >= 15 is 0 Å². The SMILES string of the molecule is O=C1OC(c2cccc([N+](=O)[O-])c2)=N/C1=C\c1ccc(F)c(Br)c1. The fourth-order valence-corrected chi connectivity index (χ4v) is 2.44. The Kier molecular flexibility index (Phi) is 4.22. The number of rotatable bonds is 3. The van der Waals surface area contributed by atoms with Gasteiger partial charge in [-0.3, -0.25) is 10.1 Å². The average molecular weight is 391 g/mol. The quantitative estimate of drug-likeness (QED) is 0.345. The van der Waals surface area contributed by atoms with Crippen molar-refractivity contribution in [1.29, 1.82) is 0 Å². The lowest BCUT2D eigenvalue weighted by molar-refractivity contribution is -0.384. The fourth-order valence-electron chi connectivity index (χ4n) is 2.05. The van der Waals surface area contributed by atoms with Crippen molar-refractivity contribution in [2.24, 2.45) is 4.99 Å². The zero-order valence-electron chi connectivity index (χ0n) is 11.9. The largest absolute Gasteiger partial charge is 0.402 e. The van der Waals surface area contributed by atoms with Crippen molar-refractivity contribution < 1.29 is 18.8 Å². The summed E-state index contributed by atoms with van der Waals surface area (Å²) in [7, 11) is 0. The molecule has 1 aliphatic heterocycles. The third-order valence-electron chi connectivity index (χ3n) is 3.17. The number of hydrogen-bond acceptors (Lipinski definition) is 5. The number of non-ortho nitro benzene ring substituents is 1. The number of ether oxygens (including phenoxy) is 1. The number of benzene rings is 2. The topological polar surface area (TPSA) is 81.8 Å². The van der Waals surface area contributed by atoms with Crippen molar-refractivity contribution in [1.82, 2.24) is 0 Å². The van der Waals surface area contributed by atoms with Gasteiger partial charge in [-0.1, -0.05) is 12.1 Å². The van der Waals surface area contributed by atoms with E-state index in [1.165, 1.54) is 42.5 Å². The Morgan fingerprint density at radius 3 is 2.75 bits per heavy atom. The van der Waals surface area contributed by atoms with E-state index in [0.717, 1.165) is 0 Å². The van der Waals surface area contributed by atoms with Crippen molar-refractivity contribution in [2.75, 3.05) is 0 Å². The minimum Gasteiger partial charge on any atom is -0.402 e. The van der Waals surface area contributed by atoms with Crippen LogP contribution in [0.1, 0.15) is 11.1 Å². The Bertz CT molecular complexity index is 924. The van der Waals surface area contributed by atoms with E-state index in [2.05, 4.69) is 20.9 Å². The van der Waals surface area contributed by atoms with Crippen LogP contribution in [-0.2, 0) is 9.53 Å². The summed E-state index contributed by atoms with van der Waals surface area (Å²) in [6, 6.07) is 9.86. The summed E-state index contributed by atoms with van der Waals surface area (Å²) in [6.45, 7) is 0. The first kappa shape index (κ1) is 16.0. The van der Waals surface area contributed by atoms with Gasteiger partial charge in [0.2, 0.25) is 5.90 Å². The van der Waals surface area contributed by atoms with Crippen LogP contribution in [0.2, 0.25) is 0 Å². The Labute approximate surface area is 143 Å². The van der Waals surface area contributed by atoms with Crippen LogP contribution in [0.25, 0.3) is 6.08 Å². The summed E-state index contributed by atoms with van der Waals surface area (Å²) in [5, 5.41) is 10.8. The molecule has 2 aromatic rings. The molecule has 0 radical (unpaired) electrons. The van der Waals surface area contributed by atoms with E-state index in [-0.39, 0.29) is 21.8 Å². The maximum Gasteiger partial charge on any atom is 0.363 e. The molecule has 1 aliphatic rings. The summed E-state index contributed by atoms with van der Waals surface area (Å²) in [4.78, 5) is 26.2. The maximum absolute atomic E-state index is 13.2. The number of nitrogens with zero attached hydrogens (tertiary/aromatic N) is 2. The van der Waals surface area contributed by atoms with Crippen molar-refractivity contribution in [3.63, 3.8) is 0 Å². The second-order valence-electron chi connectivity index (χ2n) is 4.82. The summed E-state index contributed by atoms with van der Waals surface area (Å²) in [6.07, 6.45) is 1.44. The molecule has 0 aromatic heterocycles. The Balaban J connectivity index is 1.95. The molecule has 8 heteroatoms. The first-order valence-corrected chi connectivity index (χ1v) is 7.46. The van der Waals surface area contributed by atoms with Gasteiger partial charge in [0.15, 0.2) is 5.70 Å². The first-order valence-electron chi connectivity index (χ1n) is 6.66. The van der Waals surface area contributed by atoms with Crippen LogP contribution in [0, 0.1) is 15.9 Å². The summed E-state index contributed by atoms with van der Waals surface area (Å²) in [5.74, 6) is -1.12. The van der Waals surface area contributed by atoms with E-state index < -0.39 is 16.7 Å². The van der Waals surface area contributed by atoms with Crippen LogP contribution in [0.5, 0.6) is 0 Å². The highest BCUT2D eigenvalue weighted by Gasteiger charge is 2.25. The minimum atomic E-state index is -0.683. The van der Waals surface area contributed by atoms with Gasteiger partial charge in [0.05, 0.1) is 9.40 Å². The zero-order chi connectivity index (χ0) is 17.3. The molecule has 0 aliphatic carbocycles. The van der Waals surface area contributed by atoms with Crippen LogP contribution in [0.3, 0.4) is 0 Å². The van der Waals surface area contributed by atoms with Gasteiger partial charge in [-0.15, -0.1) is 0 Å².